The average molecular weight is 385 g/mol. The molecule has 0 spiro atoms. The summed E-state index contributed by atoms with van der Waals surface area (Å²) in [6.07, 6.45) is 3.55. The van der Waals surface area contributed by atoms with E-state index in [4.69, 9.17) is 4.74 Å². The van der Waals surface area contributed by atoms with Crippen molar-refractivity contribution in [2.24, 2.45) is 11.8 Å². The van der Waals surface area contributed by atoms with Crippen LogP contribution in [0.15, 0.2) is 18.2 Å². The number of carbonyl (C=O) groups is 4. The van der Waals surface area contributed by atoms with E-state index in [-0.39, 0.29) is 47.9 Å². The van der Waals surface area contributed by atoms with Gasteiger partial charge in [0.1, 0.15) is 6.10 Å². The van der Waals surface area contributed by atoms with Crippen LogP contribution in [0.1, 0.15) is 68.8 Å². The molecule has 3 unspecified atom stereocenters. The molecule has 1 saturated heterocycles. The second kappa shape index (κ2) is 8.25. The minimum atomic E-state index is -0.381. The lowest BCUT2D eigenvalue weighted by atomic mass is 9.86. The summed E-state index contributed by atoms with van der Waals surface area (Å²) in [7, 11) is 0. The summed E-state index contributed by atoms with van der Waals surface area (Å²) in [6, 6.07) is 5.21. The first-order valence-corrected chi connectivity index (χ1v) is 10.0. The van der Waals surface area contributed by atoms with Crippen LogP contribution in [-0.2, 0) is 25.5 Å². The molecule has 1 fully saturated rings. The van der Waals surface area contributed by atoms with E-state index in [1.807, 2.05) is 19.9 Å². The molecule has 28 heavy (non-hydrogen) atoms. The number of fused-ring (bicyclic) bond motifs is 1. The van der Waals surface area contributed by atoms with Crippen LogP contribution in [-0.4, -0.2) is 29.7 Å². The van der Waals surface area contributed by atoms with E-state index in [0.717, 1.165) is 18.4 Å². The van der Waals surface area contributed by atoms with Gasteiger partial charge >= 0.3 is 5.97 Å². The largest absolute Gasteiger partial charge is 0.463 e. The third kappa shape index (κ3) is 4.01. The standard InChI is InChI=1S/C22H27NO5/c1-4-5-17(28-14(3)24)9-6-13(2)18-12-21(26)23(22(18)27)16-8-7-15-10-20(25)19(15)11-16/h7-8,11,13,17-18H,4-6,9-10,12H2,1-3H3. The predicted molar refractivity (Wildman–Crippen MR) is 104 cm³/mol. The van der Waals surface area contributed by atoms with Gasteiger partial charge in [-0.15, -0.1) is 0 Å². The Morgan fingerprint density at radius 3 is 2.61 bits per heavy atom. The van der Waals surface area contributed by atoms with Gasteiger partial charge in [0.2, 0.25) is 11.8 Å². The molecular weight excluding hydrogens is 358 g/mol. The lowest BCUT2D eigenvalue weighted by Gasteiger charge is -2.23. The summed E-state index contributed by atoms with van der Waals surface area (Å²) < 4.78 is 5.35. The molecule has 1 aromatic rings. The van der Waals surface area contributed by atoms with Crippen LogP contribution in [0.25, 0.3) is 0 Å². The fraction of sp³-hybridized carbons (Fsp3) is 0.545. The molecule has 0 radical (unpaired) electrons. The van der Waals surface area contributed by atoms with E-state index >= 15 is 0 Å². The van der Waals surface area contributed by atoms with Gasteiger partial charge in [0.15, 0.2) is 5.78 Å². The van der Waals surface area contributed by atoms with E-state index in [2.05, 4.69) is 0 Å². The molecule has 2 aliphatic rings. The van der Waals surface area contributed by atoms with Crippen molar-refractivity contribution in [3.8, 4) is 0 Å². The number of imide groups is 1. The molecule has 1 aliphatic carbocycles. The van der Waals surface area contributed by atoms with Gasteiger partial charge in [-0.3, -0.25) is 24.1 Å². The number of ketones is 1. The second-order valence-corrected chi connectivity index (χ2v) is 7.89. The van der Waals surface area contributed by atoms with E-state index in [9.17, 15) is 19.2 Å². The Hall–Kier alpha value is -2.50. The Kier molecular flexibility index (Phi) is 5.96. The Morgan fingerprint density at radius 1 is 1.21 bits per heavy atom. The second-order valence-electron chi connectivity index (χ2n) is 7.89. The Bertz CT molecular complexity index is 815. The van der Waals surface area contributed by atoms with E-state index in [1.165, 1.54) is 11.8 Å². The summed E-state index contributed by atoms with van der Waals surface area (Å²) in [6.45, 7) is 5.41. The molecular formula is C22H27NO5. The number of anilines is 1. The van der Waals surface area contributed by atoms with E-state index < -0.39 is 0 Å². The Morgan fingerprint density at radius 2 is 1.96 bits per heavy atom. The number of nitrogens with zero attached hydrogens (tertiary/aromatic N) is 1. The zero-order valence-corrected chi connectivity index (χ0v) is 16.7. The first-order valence-electron chi connectivity index (χ1n) is 10.0. The number of hydrogen-bond acceptors (Lipinski definition) is 5. The highest BCUT2D eigenvalue weighted by Crippen LogP contribution is 2.35. The van der Waals surface area contributed by atoms with Gasteiger partial charge in [-0.2, -0.15) is 0 Å². The molecule has 1 heterocycles. The monoisotopic (exact) mass is 385 g/mol. The zero-order valence-electron chi connectivity index (χ0n) is 16.7. The molecule has 150 valence electrons. The van der Waals surface area contributed by atoms with Crippen molar-refractivity contribution < 1.29 is 23.9 Å². The molecule has 0 saturated carbocycles. The number of hydrogen-bond donors (Lipinski definition) is 0. The predicted octanol–water partition coefficient (Wildman–Crippen LogP) is 3.45. The van der Waals surface area contributed by atoms with Gasteiger partial charge in [-0.25, -0.2) is 0 Å². The molecule has 1 aromatic carbocycles. The van der Waals surface area contributed by atoms with Crippen LogP contribution in [0, 0.1) is 11.8 Å². The molecule has 0 aromatic heterocycles. The Balaban J connectivity index is 1.65. The maximum absolute atomic E-state index is 12.9. The molecule has 6 nitrogen and oxygen atoms in total. The molecule has 0 bridgehead atoms. The topological polar surface area (TPSA) is 80.8 Å². The number of carbonyl (C=O) groups excluding carboxylic acids is 4. The highest BCUT2D eigenvalue weighted by atomic mass is 16.5. The normalized spacial score (nSPS) is 20.6. The number of benzene rings is 1. The highest BCUT2D eigenvalue weighted by molar-refractivity contribution is 6.21. The Labute approximate surface area is 165 Å². The van der Waals surface area contributed by atoms with Gasteiger partial charge in [0, 0.05) is 25.3 Å². The van der Waals surface area contributed by atoms with Crippen LogP contribution in [0.5, 0.6) is 0 Å². The molecule has 6 heteroatoms. The van der Waals surface area contributed by atoms with Gasteiger partial charge in [-0.1, -0.05) is 26.3 Å². The minimum Gasteiger partial charge on any atom is -0.463 e. The maximum atomic E-state index is 12.9. The van der Waals surface area contributed by atoms with Crippen molar-refractivity contribution in [3.05, 3.63) is 29.3 Å². The molecule has 3 atom stereocenters. The van der Waals surface area contributed by atoms with E-state index in [1.54, 1.807) is 12.1 Å². The van der Waals surface area contributed by atoms with Crippen LogP contribution in [0.3, 0.4) is 0 Å². The summed E-state index contributed by atoms with van der Waals surface area (Å²) >= 11 is 0. The maximum Gasteiger partial charge on any atom is 0.302 e. The van der Waals surface area contributed by atoms with E-state index in [0.29, 0.717) is 30.5 Å². The van der Waals surface area contributed by atoms with Gasteiger partial charge in [-0.05, 0) is 42.9 Å². The first-order chi connectivity index (χ1) is 13.3. The number of ether oxygens (including phenoxy) is 1. The van der Waals surface area contributed by atoms with Crippen LogP contribution < -0.4 is 4.90 Å². The minimum absolute atomic E-state index is 0.00430. The number of esters is 1. The van der Waals surface area contributed by atoms with Crippen molar-refractivity contribution in [1.29, 1.82) is 0 Å². The lowest BCUT2D eigenvalue weighted by Crippen LogP contribution is -2.33. The summed E-state index contributed by atoms with van der Waals surface area (Å²) in [5.41, 5.74) is 2.06. The van der Waals surface area contributed by atoms with Gasteiger partial charge in [0.05, 0.1) is 11.6 Å². The molecule has 0 N–H and O–H groups in total. The van der Waals surface area contributed by atoms with Gasteiger partial charge < -0.3 is 4.74 Å². The number of amides is 2. The highest BCUT2D eigenvalue weighted by Gasteiger charge is 2.42. The fourth-order valence-corrected chi connectivity index (χ4v) is 4.12. The van der Waals surface area contributed by atoms with Crippen LogP contribution in [0.2, 0.25) is 0 Å². The quantitative estimate of drug-likeness (QED) is 0.506. The molecule has 3 rings (SSSR count). The van der Waals surface area contributed by atoms with Crippen molar-refractivity contribution in [2.45, 2.75) is 65.4 Å². The van der Waals surface area contributed by atoms with Crippen molar-refractivity contribution in [1.82, 2.24) is 0 Å². The molecule has 2 amide bonds. The SMILES string of the molecule is CCCC(CCC(C)C1CC(=O)N(c2ccc3c(c2)C(=O)C3)C1=O)OC(C)=O. The van der Waals surface area contributed by atoms with Crippen molar-refractivity contribution in [2.75, 3.05) is 4.90 Å². The number of Topliss-reactive ketones (excluding diaryl/α,β-unsaturated/α-hetero) is 1. The third-order valence-electron chi connectivity index (χ3n) is 5.76. The fourth-order valence-electron chi connectivity index (χ4n) is 4.12. The average Bonchev–Trinajstić information content (AvgIpc) is 2.93. The lowest BCUT2D eigenvalue weighted by molar-refractivity contribution is -0.147. The van der Waals surface area contributed by atoms with Gasteiger partial charge in [0.25, 0.3) is 0 Å². The summed E-state index contributed by atoms with van der Waals surface area (Å²) in [5.74, 6) is -1.05. The smallest absolute Gasteiger partial charge is 0.302 e. The molecule has 1 aliphatic heterocycles. The summed E-state index contributed by atoms with van der Waals surface area (Å²) in [5, 5.41) is 0. The van der Waals surface area contributed by atoms with Crippen molar-refractivity contribution in [3.63, 3.8) is 0 Å². The summed E-state index contributed by atoms with van der Waals surface area (Å²) in [4.78, 5) is 49.6. The van der Waals surface area contributed by atoms with Crippen molar-refractivity contribution >= 4 is 29.3 Å². The van der Waals surface area contributed by atoms with Crippen LogP contribution >= 0.6 is 0 Å². The van der Waals surface area contributed by atoms with Crippen LogP contribution in [0.4, 0.5) is 5.69 Å². The zero-order chi connectivity index (χ0) is 20.4. The first kappa shape index (κ1) is 20.2. The number of rotatable bonds is 8. The third-order valence-corrected chi connectivity index (χ3v) is 5.76.